The number of benzene rings is 2. The molecule has 1 heterocycles. The summed E-state index contributed by atoms with van der Waals surface area (Å²) >= 11 is 3.31. The molecule has 0 saturated carbocycles. The second-order valence-electron chi connectivity index (χ2n) is 7.71. The van der Waals surface area contributed by atoms with Crippen molar-refractivity contribution in [1.29, 1.82) is 0 Å². The number of hydrogen-bond donors (Lipinski definition) is 3. The number of methoxy groups -OCH3 is 1. The summed E-state index contributed by atoms with van der Waals surface area (Å²) in [6, 6.07) is 7.83. The number of aliphatic carboxylic acids is 1. The van der Waals surface area contributed by atoms with Gasteiger partial charge in [0.05, 0.1) is 11.6 Å². The van der Waals surface area contributed by atoms with Crippen molar-refractivity contribution in [3.8, 4) is 5.75 Å². The van der Waals surface area contributed by atoms with Gasteiger partial charge < -0.3 is 25.4 Å². The van der Waals surface area contributed by atoms with Crippen molar-refractivity contribution in [3.63, 3.8) is 0 Å². The molecule has 8 nitrogen and oxygen atoms in total. The lowest BCUT2D eigenvalue weighted by Gasteiger charge is -2.28. The third-order valence-electron chi connectivity index (χ3n) is 4.95. The summed E-state index contributed by atoms with van der Waals surface area (Å²) in [6.45, 7) is 1.13. The first kappa shape index (κ1) is 29.9. The van der Waals surface area contributed by atoms with Crippen LogP contribution in [-0.4, -0.2) is 60.8 Å². The minimum atomic E-state index is -5.08. The molecule has 2 aromatic rings. The van der Waals surface area contributed by atoms with E-state index >= 15 is 0 Å². The van der Waals surface area contributed by atoms with Crippen LogP contribution in [0.5, 0.6) is 5.75 Å². The Hall–Kier alpha value is -3.33. The van der Waals surface area contributed by atoms with Gasteiger partial charge in [-0.15, -0.1) is 0 Å². The molecule has 2 amide bonds. The largest absolute Gasteiger partial charge is 0.496 e. The summed E-state index contributed by atoms with van der Waals surface area (Å²) in [5.41, 5.74) is 2.05. The summed E-state index contributed by atoms with van der Waals surface area (Å²) in [7, 11) is 3.39. The average Bonchev–Trinajstić information content (AvgIpc) is 2.77. The fraction of sp³-hybridized carbons (Fsp3) is 0.318. The molecular formula is C22H20BrF6N3O5. The van der Waals surface area contributed by atoms with Gasteiger partial charge in [-0.2, -0.15) is 26.3 Å². The molecule has 2 aromatic carbocycles. The molecule has 1 aliphatic heterocycles. The van der Waals surface area contributed by atoms with E-state index < -0.39 is 30.1 Å². The van der Waals surface area contributed by atoms with Crippen molar-refractivity contribution in [1.82, 2.24) is 4.90 Å². The highest BCUT2D eigenvalue weighted by Crippen LogP contribution is 2.32. The molecule has 0 fully saturated rings. The monoisotopic (exact) mass is 599 g/mol. The molecule has 0 spiro atoms. The standard InChI is InChI=1S/C20H19BrF3N3O3.C2HF3O2/c1-27-6-5-14-12(10-27)7-13(9-16(14)26-19(29)20(22,23)24)25-18(28)11-3-4-17(30-2)15(21)8-11;3-2(4,5)1(6)7/h3-4,7-9H,5-6,10H2,1-2H3,(H,25,28)(H,26,29);(H,6,7). The Morgan fingerprint density at radius 2 is 1.65 bits per heavy atom. The molecule has 3 N–H and O–H groups in total. The third-order valence-corrected chi connectivity index (χ3v) is 5.57. The second kappa shape index (κ2) is 11.8. The van der Waals surface area contributed by atoms with Crippen LogP contribution in [0.2, 0.25) is 0 Å². The van der Waals surface area contributed by atoms with Crippen LogP contribution in [0.25, 0.3) is 0 Å². The Balaban J connectivity index is 0.000000604. The molecule has 0 unspecified atom stereocenters. The highest BCUT2D eigenvalue weighted by Gasteiger charge is 2.39. The molecule has 0 aliphatic carbocycles. The topological polar surface area (TPSA) is 108 Å². The fourth-order valence-electron chi connectivity index (χ4n) is 3.23. The minimum Gasteiger partial charge on any atom is -0.496 e. The van der Waals surface area contributed by atoms with Crippen molar-refractivity contribution in [2.45, 2.75) is 25.3 Å². The van der Waals surface area contributed by atoms with Crippen molar-refractivity contribution < 1.29 is 50.6 Å². The Kier molecular flexibility index (Phi) is 9.54. The van der Waals surface area contributed by atoms with E-state index in [1.807, 2.05) is 17.3 Å². The molecule has 1 aliphatic rings. The van der Waals surface area contributed by atoms with Gasteiger partial charge >= 0.3 is 24.2 Å². The number of anilines is 2. The summed E-state index contributed by atoms with van der Waals surface area (Å²) in [5, 5.41) is 11.8. The SMILES string of the molecule is COc1ccc(C(=O)Nc2cc3c(c(NC(=O)C(F)(F)F)c2)CCN(C)C3)cc1Br.O=C(O)C(F)(F)F. The highest BCUT2D eigenvalue weighted by molar-refractivity contribution is 9.10. The van der Waals surface area contributed by atoms with Crippen LogP contribution in [0, 0.1) is 0 Å². The molecule has 0 atom stereocenters. The van der Waals surface area contributed by atoms with Gasteiger partial charge in [0.15, 0.2) is 0 Å². The summed E-state index contributed by atoms with van der Waals surface area (Å²) in [5.74, 6) is -4.70. The number of carboxylic acids is 1. The van der Waals surface area contributed by atoms with Crippen molar-refractivity contribution >= 4 is 45.1 Å². The molecule has 37 heavy (non-hydrogen) atoms. The van der Waals surface area contributed by atoms with Crippen LogP contribution in [-0.2, 0) is 22.6 Å². The van der Waals surface area contributed by atoms with E-state index in [0.717, 1.165) is 5.56 Å². The maximum atomic E-state index is 12.8. The van der Waals surface area contributed by atoms with E-state index in [-0.39, 0.29) is 5.69 Å². The van der Waals surface area contributed by atoms with Gasteiger partial charge in [0.1, 0.15) is 5.75 Å². The maximum absolute atomic E-state index is 12.8. The molecule has 15 heteroatoms. The smallest absolute Gasteiger partial charge is 0.490 e. The summed E-state index contributed by atoms with van der Waals surface area (Å²) < 4.78 is 75.7. The average molecular weight is 600 g/mol. The second-order valence-corrected chi connectivity index (χ2v) is 8.56. The van der Waals surface area contributed by atoms with Gasteiger partial charge in [-0.05, 0) is 70.9 Å². The van der Waals surface area contributed by atoms with E-state index in [1.54, 1.807) is 24.3 Å². The van der Waals surface area contributed by atoms with E-state index in [4.69, 9.17) is 14.6 Å². The fourth-order valence-corrected chi connectivity index (χ4v) is 3.77. The van der Waals surface area contributed by atoms with E-state index in [9.17, 15) is 35.9 Å². The lowest BCUT2D eigenvalue weighted by molar-refractivity contribution is -0.192. The van der Waals surface area contributed by atoms with Crippen LogP contribution < -0.4 is 15.4 Å². The van der Waals surface area contributed by atoms with Crippen LogP contribution >= 0.6 is 15.9 Å². The Morgan fingerprint density at radius 1 is 1.03 bits per heavy atom. The van der Waals surface area contributed by atoms with Gasteiger partial charge in [0.2, 0.25) is 0 Å². The van der Waals surface area contributed by atoms with E-state index in [0.29, 0.717) is 46.5 Å². The zero-order valence-electron chi connectivity index (χ0n) is 19.2. The van der Waals surface area contributed by atoms with Gasteiger partial charge in [-0.3, -0.25) is 9.59 Å². The number of carbonyl (C=O) groups is 3. The van der Waals surface area contributed by atoms with Crippen molar-refractivity contribution in [3.05, 3.63) is 51.5 Å². The Morgan fingerprint density at radius 3 is 2.16 bits per heavy atom. The number of halogens is 7. The summed E-state index contributed by atoms with van der Waals surface area (Å²) in [6.07, 6.45) is -9.61. The van der Waals surface area contributed by atoms with Crippen LogP contribution in [0.1, 0.15) is 21.5 Å². The molecule has 0 aromatic heterocycles. The number of amides is 2. The lowest BCUT2D eigenvalue weighted by Crippen LogP contribution is -2.32. The van der Waals surface area contributed by atoms with Crippen LogP contribution in [0.3, 0.4) is 0 Å². The van der Waals surface area contributed by atoms with E-state index in [2.05, 4.69) is 21.2 Å². The minimum absolute atomic E-state index is 0.0501. The number of ether oxygens (including phenoxy) is 1. The Bertz CT molecular complexity index is 1190. The number of carbonyl (C=O) groups excluding carboxylic acids is 2. The van der Waals surface area contributed by atoms with Gasteiger partial charge in [-0.1, -0.05) is 0 Å². The third kappa shape index (κ3) is 8.35. The molecule has 0 bridgehead atoms. The predicted octanol–water partition coefficient (Wildman–Crippen LogP) is 4.83. The van der Waals surface area contributed by atoms with Gasteiger partial charge in [0.25, 0.3) is 5.91 Å². The molecular weight excluding hydrogens is 580 g/mol. The van der Waals surface area contributed by atoms with Crippen LogP contribution in [0.4, 0.5) is 37.7 Å². The normalized spacial score (nSPS) is 13.5. The number of carboxylic acid groups (broad SMARTS) is 1. The number of fused-ring (bicyclic) bond motifs is 1. The number of likely N-dealkylation sites (N-methyl/N-ethyl adjacent to an activating group) is 1. The first-order chi connectivity index (χ1) is 17.0. The number of nitrogens with one attached hydrogen (secondary N) is 2. The molecule has 3 rings (SSSR count). The maximum Gasteiger partial charge on any atom is 0.490 e. The Labute approximate surface area is 214 Å². The first-order valence-electron chi connectivity index (χ1n) is 10.2. The molecule has 0 saturated heterocycles. The quantitative estimate of drug-likeness (QED) is 0.434. The van der Waals surface area contributed by atoms with Crippen LogP contribution in [0.15, 0.2) is 34.8 Å². The van der Waals surface area contributed by atoms with Crippen molar-refractivity contribution in [2.24, 2.45) is 0 Å². The predicted molar refractivity (Wildman–Crippen MR) is 124 cm³/mol. The number of hydrogen-bond acceptors (Lipinski definition) is 5. The molecule has 0 radical (unpaired) electrons. The first-order valence-corrected chi connectivity index (χ1v) is 11.0. The molecule has 202 valence electrons. The number of rotatable bonds is 4. The highest BCUT2D eigenvalue weighted by atomic mass is 79.9. The van der Waals surface area contributed by atoms with Gasteiger partial charge in [-0.25, -0.2) is 4.79 Å². The zero-order valence-corrected chi connectivity index (χ0v) is 20.8. The zero-order chi connectivity index (χ0) is 28.1. The number of alkyl halides is 6. The van der Waals surface area contributed by atoms with E-state index in [1.165, 1.54) is 13.2 Å². The number of nitrogens with zero attached hydrogens (tertiary/aromatic N) is 1. The van der Waals surface area contributed by atoms with Gasteiger partial charge in [0, 0.05) is 30.0 Å². The summed E-state index contributed by atoms with van der Waals surface area (Å²) in [4.78, 5) is 35.0. The van der Waals surface area contributed by atoms with Crippen molar-refractivity contribution in [2.75, 3.05) is 31.3 Å². The lowest BCUT2D eigenvalue weighted by atomic mass is 9.97.